The fourth-order valence-corrected chi connectivity index (χ4v) is 5.35. The van der Waals surface area contributed by atoms with Crippen LogP contribution in [0.2, 0.25) is 0 Å². The first-order valence-electron chi connectivity index (χ1n) is 11.2. The van der Waals surface area contributed by atoms with E-state index in [4.69, 9.17) is 5.73 Å². The third-order valence-corrected chi connectivity index (χ3v) is 7.03. The minimum atomic E-state index is -0.347. The summed E-state index contributed by atoms with van der Waals surface area (Å²) in [5.74, 6) is 0.297. The largest absolute Gasteiger partial charge is 0.397 e. The van der Waals surface area contributed by atoms with E-state index in [0.717, 1.165) is 43.0 Å². The van der Waals surface area contributed by atoms with E-state index in [1.165, 1.54) is 16.7 Å². The Bertz CT molecular complexity index is 1080. The van der Waals surface area contributed by atoms with E-state index in [0.29, 0.717) is 12.3 Å². The number of nitrogens with two attached hydrogens (primary N) is 1. The summed E-state index contributed by atoms with van der Waals surface area (Å²) in [4.78, 5) is 6.72. The van der Waals surface area contributed by atoms with Crippen LogP contribution in [0.25, 0.3) is 11.1 Å². The molecule has 1 saturated heterocycles. The molecule has 160 valence electrons. The van der Waals surface area contributed by atoms with Gasteiger partial charge in [0.2, 0.25) is 0 Å². The van der Waals surface area contributed by atoms with Crippen molar-refractivity contribution >= 4 is 22.5 Å². The van der Waals surface area contributed by atoms with Gasteiger partial charge in [0.25, 0.3) is 0 Å². The van der Waals surface area contributed by atoms with Crippen molar-refractivity contribution in [2.75, 3.05) is 23.7 Å². The molecule has 0 saturated carbocycles. The lowest BCUT2D eigenvalue weighted by Gasteiger charge is -2.37. The molecule has 0 spiro atoms. The van der Waals surface area contributed by atoms with Gasteiger partial charge in [-0.05, 0) is 60.9 Å². The molecule has 0 amide bonds. The minimum absolute atomic E-state index is 0.123. The molecule has 1 fully saturated rings. The number of fused-ring (bicyclic) bond motifs is 1. The topological polar surface area (TPSA) is 67.3 Å². The Kier molecular flexibility index (Phi) is 5.28. The Hall–Kier alpha value is -3.05. The molecule has 0 radical (unpaired) electrons. The number of allylic oxidation sites excluding steroid dienone is 2. The molecule has 3 aromatic rings. The van der Waals surface area contributed by atoms with Gasteiger partial charge in [-0.2, -0.15) is 0 Å². The van der Waals surface area contributed by atoms with Crippen LogP contribution in [0.15, 0.2) is 67.1 Å². The van der Waals surface area contributed by atoms with Crippen LogP contribution in [0, 0.1) is 5.92 Å². The SMILES string of the molecule is CC1=C(c2ccccc2)C(CC(O)C2CCN(c3ccccc3N)CC2)n2cncc21. The fraction of sp³-hybridized carbons (Fsp3) is 0.346. The molecule has 2 aliphatic rings. The number of imidazole rings is 1. The van der Waals surface area contributed by atoms with Gasteiger partial charge in [0.05, 0.1) is 41.7 Å². The number of hydrogen-bond acceptors (Lipinski definition) is 4. The van der Waals surface area contributed by atoms with Crippen LogP contribution in [0.1, 0.15) is 43.5 Å². The Balaban J connectivity index is 1.31. The Morgan fingerprint density at radius 3 is 2.52 bits per heavy atom. The predicted octanol–water partition coefficient (Wildman–Crippen LogP) is 4.62. The van der Waals surface area contributed by atoms with Gasteiger partial charge in [0.1, 0.15) is 0 Å². The molecule has 5 nitrogen and oxygen atoms in total. The van der Waals surface area contributed by atoms with Crippen molar-refractivity contribution in [3.8, 4) is 0 Å². The summed E-state index contributed by atoms with van der Waals surface area (Å²) in [5.41, 5.74) is 13.1. The third kappa shape index (κ3) is 3.63. The maximum Gasteiger partial charge on any atom is 0.0956 e. The fourth-order valence-electron chi connectivity index (χ4n) is 5.35. The second kappa shape index (κ2) is 8.23. The quantitative estimate of drug-likeness (QED) is 0.598. The van der Waals surface area contributed by atoms with Crippen LogP contribution in [-0.2, 0) is 0 Å². The Morgan fingerprint density at radius 1 is 1.06 bits per heavy atom. The summed E-state index contributed by atoms with van der Waals surface area (Å²) in [7, 11) is 0. The van der Waals surface area contributed by atoms with Crippen molar-refractivity contribution in [1.29, 1.82) is 0 Å². The van der Waals surface area contributed by atoms with Crippen LogP contribution in [-0.4, -0.2) is 33.9 Å². The lowest BCUT2D eigenvalue weighted by atomic mass is 9.85. The number of para-hydroxylation sites is 2. The monoisotopic (exact) mass is 414 g/mol. The van der Waals surface area contributed by atoms with Crippen LogP contribution >= 0.6 is 0 Å². The van der Waals surface area contributed by atoms with E-state index in [1.54, 1.807) is 0 Å². The number of aromatic nitrogens is 2. The van der Waals surface area contributed by atoms with Gasteiger partial charge in [0.15, 0.2) is 0 Å². The normalized spacial score (nSPS) is 20.2. The molecule has 0 bridgehead atoms. The molecule has 0 aliphatic carbocycles. The number of benzene rings is 2. The smallest absolute Gasteiger partial charge is 0.0956 e. The van der Waals surface area contributed by atoms with E-state index in [9.17, 15) is 5.11 Å². The lowest BCUT2D eigenvalue weighted by Crippen LogP contribution is -2.38. The highest BCUT2D eigenvalue weighted by atomic mass is 16.3. The molecule has 2 aromatic carbocycles. The highest BCUT2D eigenvalue weighted by molar-refractivity contribution is 5.93. The second-order valence-electron chi connectivity index (χ2n) is 8.79. The van der Waals surface area contributed by atoms with Gasteiger partial charge in [-0.25, -0.2) is 4.98 Å². The first-order chi connectivity index (χ1) is 15.1. The van der Waals surface area contributed by atoms with Gasteiger partial charge in [-0.3, -0.25) is 0 Å². The lowest BCUT2D eigenvalue weighted by molar-refractivity contribution is 0.0771. The summed E-state index contributed by atoms with van der Waals surface area (Å²) >= 11 is 0. The zero-order valence-electron chi connectivity index (χ0n) is 18.0. The minimum Gasteiger partial charge on any atom is -0.397 e. The van der Waals surface area contributed by atoms with E-state index < -0.39 is 0 Å². The van der Waals surface area contributed by atoms with Gasteiger partial charge < -0.3 is 20.3 Å². The first kappa shape index (κ1) is 19.9. The summed E-state index contributed by atoms with van der Waals surface area (Å²) in [5, 5.41) is 11.3. The number of aliphatic hydroxyl groups excluding tert-OH is 1. The van der Waals surface area contributed by atoms with Gasteiger partial charge in [-0.15, -0.1) is 0 Å². The van der Waals surface area contributed by atoms with Crippen molar-refractivity contribution in [3.63, 3.8) is 0 Å². The summed E-state index contributed by atoms with van der Waals surface area (Å²) in [6.07, 6.45) is 6.16. The summed E-state index contributed by atoms with van der Waals surface area (Å²) in [6.45, 7) is 4.03. The van der Waals surface area contributed by atoms with Crippen molar-refractivity contribution < 1.29 is 5.11 Å². The number of piperidine rings is 1. The van der Waals surface area contributed by atoms with E-state index in [1.807, 2.05) is 36.8 Å². The van der Waals surface area contributed by atoms with Crippen LogP contribution < -0.4 is 10.6 Å². The number of nitrogen functional groups attached to an aromatic ring is 1. The molecule has 1 aromatic heterocycles. The maximum atomic E-state index is 11.3. The molecule has 2 aliphatic heterocycles. The average Bonchev–Trinajstić information content (AvgIpc) is 3.38. The number of hydrogen-bond donors (Lipinski definition) is 2. The molecule has 31 heavy (non-hydrogen) atoms. The first-order valence-corrected chi connectivity index (χ1v) is 11.2. The highest BCUT2D eigenvalue weighted by Crippen LogP contribution is 2.45. The number of rotatable bonds is 5. The maximum absolute atomic E-state index is 11.3. The number of anilines is 2. The molecule has 5 heteroatoms. The average molecular weight is 415 g/mol. The van der Waals surface area contributed by atoms with Crippen molar-refractivity contribution in [3.05, 3.63) is 78.4 Å². The van der Waals surface area contributed by atoms with E-state index in [2.05, 4.69) is 51.7 Å². The van der Waals surface area contributed by atoms with Gasteiger partial charge >= 0.3 is 0 Å². The standard InChI is InChI=1S/C26H30N4O/c1-18-24-16-28-17-30(24)23(26(18)20-7-3-2-4-8-20)15-25(31)19-11-13-29(14-12-19)22-10-6-5-9-21(22)27/h2-10,16-17,19,23,25,31H,11-15,27H2,1H3. The summed E-state index contributed by atoms with van der Waals surface area (Å²) < 4.78 is 2.24. The van der Waals surface area contributed by atoms with Crippen molar-refractivity contribution in [2.24, 2.45) is 5.92 Å². The van der Waals surface area contributed by atoms with E-state index >= 15 is 0 Å². The van der Waals surface area contributed by atoms with Crippen LogP contribution in [0.4, 0.5) is 11.4 Å². The zero-order valence-corrected chi connectivity index (χ0v) is 18.0. The molecule has 2 unspecified atom stereocenters. The molecule has 2 atom stereocenters. The van der Waals surface area contributed by atoms with Crippen LogP contribution in [0.3, 0.4) is 0 Å². The molecule has 5 rings (SSSR count). The highest BCUT2D eigenvalue weighted by Gasteiger charge is 2.34. The Labute approximate surface area is 183 Å². The summed E-state index contributed by atoms with van der Waals surface area (Å²) in [6, 6.07) is 18.7. The van der Waals surface area contributed by atoms with Gasteiger partial charge in [0, 0.05) is 13.1 Å². The van der Waals surface area contributed by atoms with Crippen molar-refractivity contribution in [2.45, 2.75) is 38.3 Å². The second-order valence-corrected chi connectivity index (χ2v) is 8.79. The van der Waals surface area contributed by atoms with Crippen LogP contribution in [0.5, 0.6) is 0 Å². The zero-order chi connectivity index (χ0) is 21.4. The number of nitrogens with zero attached hydrogens (tertiary/aromatic N) is 3. The van der Waals surface area contributed by atoms with Gasteiger partial charge in [-0.1, -0.05) is 42.5 Å². The van der Waals surface area contributed by atoms with Crippen molar-refractivity contribution in [1.82, 2.24) is 9.55 Å². The van der Waals surface area contributed by atoms with E-state index in [-0.39, 0.29) is 12.1 Å². The molecule has 3 heterocycles. The number of aliphatic hydroxyl groups is 1. The Morgan fingerprint density at radius 2 is 1.77 bits per heavy atom. The third-order valence-electron chi connectivity index (χ3n) is 7.03. The molecular weight excluding hydrogens is 384 g/mol. The molecule has 3 N–H and O–H groups in total. The molecular formula is C26H30N4O. The predicted molar refractivity (Wildman–Crippen MR) is 127 cm³/mol.